The van der Waals surface area contributed by atoms with E-state index in [1.54, 1.807) is 0 Å². The highest BCUT2D eigenvalue weighted by molar-refractivity contribution is 7.85. The molecule has 0 aliphatic rings. The summed E-state index contributed by atoms with van der Waals surface area (Å²) in [7, 11) is -4.26. The van der Waals surface area contributed by atoms with Crippen LogP contribution in [0.25, 0.3) is 0 Å². The Labute approximate surface area is 120 Å². The number of aryl methyl sites for hydroxylation is 2. The minimum Gasteiger partial charge on any atom is -0.311 e. The summed E-state index contributed by atoms with van der Waals surface area (Å²) in [6.07, 6.45) is -0.864. The van der Waals surface area contributed by atoms with Crippen LogP contribution < -0.4 is 5.32 Å². The number of hydrogen-bond donors (Lipinski definition) is 2. The van der Waals surface area contributed by atoms with E-state index < -0.39 is 22.0 Å². The largest absolute Gasteiger partial charge is 0.311 e. The molecule has 0 amide bonds. The predicted molar refractivity (Wildman–Crippen MR) is 78.4 cm³/mol. The Morgan fingerprint density at radius 3 is 2.55 bits per heavy atom. The van der Waals surface area contributed by atoms with Crippen LogP contribution in [0.2, 0.25) is 0 Å². The normalized spacial score (nSPS) is 15.1. The standard InChI is InChI=1S/C14H22FNO3S/c1-10-4-5-13(11(2)6-10)7-12(3)16-8-14(15)9-20(17,18)19/h4-6,12,14,16H,7-9H2,1-3H3,(H,17,18,19). The fourth-order valence-electron chi connectivity index (χ4n) is 2.09. The van der Waals surface area contributed by atoms with Gasteiger partial charge >= 0.3 is 0 Å². The molecule has 2 atom stereocenters. The monoisotopic (exact) mass is 303 g/mol. The lowest BCUT2D eigenvalue weighted by Gasteiger charge is -2.17. The number of nitrogens with one attached hydrogen (secondary N) is 1. The number of hydrogen-bond acceptors (Lipinski definition) is 3. The van der Waals surface area contributed by atoms with E-state index in [2.05, 4.69) is 11.4 Å². The fraction of sp³-hybridized carbons (Fsp3) is 0.571. The van der Waals surface area contributed by atoms with Crippen molar-refractivity contribution in [1.82, 2.24) is 5.32 Å². The second kappa shape index (κ2) is 7.15. The maximum absolute atomic E-state index is 13.3. The molecule has 1 rings (SSSR count). The van der Waals surface area contributed by atoms with E-state index in [9.17, 15) is 12.8 Å². The summed E-state index contributed by atoms with van der Waals surface area (Å²) in [5.41, 5.74) is 3.57. The van der Waals surface area contributed by atoms with E-state index in [1.807, 2.05) is 32.9 Å². The molecule has 0 heterocycles. The molecule has 4 nitrogen and oxygen atoms in total. The summed E-state index contributed by atoms with van der Waals surface area (Å²) in [5.74, 6) is -0.865. The summed E-state index contributed by atoms with van der Waals surface area (Å²) in [6.45, 7) is 5.89. The van der Waals surface area contributed by atoms with Gasteiger partial charge in [-0.15, -0.1) is 0 Å². The third kappa shape index (κ3) is 6.45. The van der Waals surface area contributed by atoms with Crippen molar-refractivity contribution in [1.29, 1.82) is 0 Å². The lowest BCUT2D eigenvalue weighted by Crippen LogP contribution is -2.36. The highest BCUT2D eigenvalue weighted by atomic mass is 32.2. The van der Waals surface area contributed by atoms with Gasteiger partial charge in [-0.2, -0.15) is 8.42 Å². The maximum Gasteiger partial charge on any atom is 0.267 e. The Bertz CT molecular complexity index is 545. The Hall–Kier alpha value is -0.980. The lowest BCUT2D eigenvalue weighted by molar-refractivity contribution is 0.326. The van der Waals surface area contributed by atoms with Gasteiger partial charge in [0.15, 0.2) is 0 Å². The van der Waals surface area contributed by atoms with E-state index in [4.69, 9.17) is 4.55 Å². The van der Waals surface area contributed by atoms with Gasteiger partial charge in [0.1, 0.15) is 11.9 Å². The number of halogens is 1. The first-order valence-electron chi connectivity index (χ1n) is 6.56. The zero-order valence-electron chi connectivity index (χ0n) is 12.1. The smallest absolute Gasteiger partial charge is 0.267 e. The molecule has 2 unspecified atom stereocenters. The van der Waals surface area contributed by atoms with Crippen LogP contribution >= 0.6 is 0 Å². The van der Waals surface area contributed by atoms with Gasteiger partial charge in [-0.3, -0.25) is 4.55 Å². The van der Waals surface area contributed by atoms with Crippen LogP contribution in [-0.2, 0) is 16.5 Å². The highest BCUT2D eigenvalue weighted by Gasteiger charge is 2.16. The van der Waals surface area contributed by atoms with Crippen molar-refractivity contribution >= 4 is 10.1 Å². The molecule has 0 bridgehead atoms. The molecule has 2 N–H and O–H groups in total. The van der Waals surface area contributed by atoms with Crippen LogP contribution in [0, 0.1) is 13.8 Å². The minimum absolute atomic E-state index is 0.0241. The zero-order valence-corrected chi connectivity index (χ0v) is 12.9. The average Bonchev–Trinajstić information content (AvgIpc) is 2.28. The second-order valence-corrected chi connectivity index (χ2v) is 6.79. The lowest BCUT2D eigenvalue weighted by atomic mass is 10.00. The topological polar surface area (TPSA) is 66.4 Å². The summed E-state index contributed by atoms with van der Waals surface area (Å²) in [6, 6.07) is 6.20. The van der Waals surface area contributed by atoms with Gasteiger partial charge in [0.2, 0.25) is 0 Å². The first kappa shape index (κ1) is 17.1. The van der Waals surface area contributed by atoms with E-state index in [-0.39, 0.29) is 12.6 Å². The van der Waals surface area contributed by atoms with E-state index in [0.29, 0.717) is 0 Å². The Kier molecular flexibility index (Phi) is 6.10. The molecule has 0 fully saturated rings. The van der Waals surface area contributed by atoms with Crippen molar-refractivity contribution in [2.45, 2.75) is 39.4 Å². The van der Waals surface area contributed by atoms with Gasteiger partial charge in [0, 0.05) is 12.6 Å². The summed E-state index contributed by atoms with van der Waals surface area (Å²) in [5, 5.41) is 2.94. The number of benzene rings is 1. The minimum atomic E-state index is -4.26. The summed E-state index contributed by atoms with van der Waals surface area (Å²) < 4.78 is 43.0. The van der Waals surface area contributed by atoms with Crippen molar-refractivity contribution in [3.63, 3.8) is 0 Å². The predicted octanol–water partition coefficient (Wildman–Crippen LogP) is 2.05. The van der Waals surface area contributed by atoms with E-state index in [1.165, 1.54) is 16.7 Å². The molecule has 0 spiro atoms. The van der Waals surface area contributed by atoms with Gasteiger partial charge in [0.25, 0.3) is 10.1 Å². The van der Waals surface area contributed by atoms with Crippen molar-refractivity contribution < 1.29 is 17.4 Å². The SMILES string of the molecule is Cc1ccc(CC(C)NCC(F)CS(=O)(=O)O)c(C)c1. The molecule has 6 heteroatoms. The van der Waals surface area contributed by atoms with Gasteiger partial charge in [-0.05, 0) is 38.3 Å². The van der Waals surface area contributed by atoms with Crippen LogP contribution in [0.1, 0.15) is 23.6 Å². The summed E-state index contributed by atoms with van der Waals surface area (Å²) >= 11 is 0. The Balaban J connectivity index is 2.46. The van der Waals surface area contributed by atoms with Crippen molar-refractivity contribution in [2.24, 2.45) is 0 Å². The quantitative estimate of drug-likeness (QED) is 0.757. The van der Waals surface area contributed by atoms with E-state index in [0.717, 1.165) is 6.42 Å². The van der Waals surface area contributed by atoms with Gasteiger partial charge in [0.05, 0.1) is 0 Å². The Morgan fingerprint density at radius 1 is 1.35 bits per heavy atom. The molecule has 0 aliphatic heterocycles. The second-order valence-electron chi connectivity index (χ2n) is 5.29. The van der Waals surface area contributed by atoms with Crippen molar-refractivity contribution in [3.05, 3.63) is 34.9 Å². The van der Waals surface area contributed by atoms with Crippen LogP contribution in [0.3, 0.4) is 0 Å². The Morgan fingerprint density at radius 2 is 2.00 bits per heavy atom. The zero-order chi connectivity index (χ0) is 15.3. The third-order valence-electron chi connectivity index (χ3n) is 3.10. The molecule has 1 aromatic rings. The number of alkyl halides is 1. The van der Waals surface area contributed by atoms with Crippen LogP contribution in [0.5, 0.6) is 0 Å². The third-order valence-corrected chi connectivity index (χ3v) is 3.89. The molecule has 20 heavy (non-hydrogen) atoms. The molecule has 0 saturated heterocycles. The maximum atomic E-state index is 13.3. The molecular weight excluding hydrogens is 281 g/mol. The van der Waals surface area contributed by atoms with Gasteiger partial charge in [-0.25, -0.2) is 4.39 Å². The highest BCUT2D eigenvalue weighted by Crippen LogP contribution is 2.12. The first-order valence-corrected chi connectivity index (χ1v) is 8.17. The molecule has 0 saturated carbocycles. The molecule has 0 radical (unpaired) electrons. The fourth-order valence-corrected chi connectivity index (χ4v) is 2.67. The van der Waals surface area contributed by atoms with Crippen LogP contribution in [0.4, 0.5) is 4.39 Å². The van der Waals surface area contributed by atoms with Gasteiger partial charge < -0.3 is 5.32 Å². The molecule has 1 aromatic carbocycles. The van der Waals surface area contributed by atoms with Gasteiger partial charge in [-0.1, -0.05) is 23.8 Å². The van der Waals surface area contributed by atoms with Crippen LogP contribution in [0.15, 0.2) is 18.2 Å². The molecule has 114 valence electrons. The molecular formula is C14H22FNO3S. The van der Waals surface area contributed by atoms with Crippen molar-refractivity contribution in [3.8, 4) is 0 Å². The first-order chi connectivity index (χ1) is 9.17. The summed E-state index contributed by atoms with van der Waals surface area (Å²) in [4.78, 5) is 0. The van der Waals surface area contributed by atoms with Crippen LogP contribution in [-0.4, -0.2) is 37.5 Å². The van der Waals surface area contributed by atoms with E-state index >= 15 is 0 Å². The average molecular weight is 303 g/mol. The molecule has 0 aromatic heterocycles. The molecule has 0 aliphatic carbocycles. The number of rotatable bonds is 7. The van der Waals surface area contributed by atoms with Crippen molar-refractivity contribution in [2.75, 3.05) is 12.3 Å².